The summed E-state index contributed by atoms with van der Waals surface area (Å²) in [5, 5.41) is 2.80. The summed E-state index contributed by atoms with van der Waals surface area (Å²) in [6, 6.07) is 19.2. The fraction of sp³-hybridized carbons (Fsp3) is 0.0417. The van der Waals surface area contributed by atoms with Crippen molar-refractivity contribution in [2.75, 3.05) is 12.1 Å². The van der Waals surface area contributed by atoms with E-state index in [1.165, 1.54) is 18.2 Å². The Labute approximate surface area is 167 Å². The summed E-state index contributed by atoms with van der Waals surface area (Å²) >= 11 is 0. The number of amides is 1. The molecule has 1 amide bonds. The van der Waals surface area contributed by atoms with E-state index >= 15 is 0 Å². The van der Waals surface area contributed by atoms with Crippen molar-refractivity contribution in [2.45, 2.75) is 0 Å². The molecule has 0 saturated carbocycles. The Balaban J connectivity index is 1.35. The third-order valence-electron chi connectivity index (χ3n) is 4.34. The lowest BCUT2D eigenvalue weighted by atomic mass is 10.1. The van der Waals surface area contributed by atoms with Crippen LogP contribution >= 0.6 is 0 Å². The van der Waals surface area contributed by atoms with Crippen molar-refractivity contribution in [3.63, 3.8) is 0 Å². The van der Waals surface area contributed by atoms with Gasteiger partial charge in [-0.2, -0.15) is 0 Å². The lowest BCUT2D eigenvalue weighted by Crippen LogP contribution is -2.07. The van der Waals surface area contributed by atoms with E-state index in [0.29, 0.717) is 5.69 Å². The van der Waals surface area contributed by atoms with Gasteiger partial charge in [0, 0.05) is 11.8 Å². The predicted molar refractivity (Wildman–Crippen MR) is 112 cm³/mol. The maximum atomic E-state index is 12.9. The standard InChI is InChI=1S/C24H18FNO3/c25-20-9-3-18(4-10-20)8-14-24(27)26-21-11-5-17(6-12-21)1-2-19-7-13-22-23(15-19)29-16-28-22/h1-15H,16H2,(H,26,27)/b2-1+,14-8+. The minimum absolute atomic E-state index is 0.252. The van der Waals surface area contributed by atoms with Gasteiger partial charge in [-0.1, -0.05) is 42.5 Å². The highest BCUT2D eigenvalue weighted by atomic mass is 19.1. The minimum Gasteiger partial charge on any atom is -0.454 e. The van der Waals surface area contributed by atoms with Crippen molar-refractivity contribution in [2.24, 2.45) is 0 Å². The molecule has 0 unspecified atom stereocenters. The highest BCUT2D eigenvalue weighted by Crippen LogP contribution is 2.33. The molecular weight excluding hydrogens is 369 g/mol. The molecule has 4 rings (SSSR count). The number of carbonyl (C=O) groups excluding carboxylic acids is 1. The molecule has 3 aromatic rings. The molecule has 0 atom stereocenters. The van der Waals surface area contributed by atoms with Gasteiger partial charge in [0.25, 0.3) is 0 Å². The molecule has 1 N–H and O–H groups in total. The zero-order valence-electron chi connectivity index (χ0n) is 15.5. The molecule has 0 fully saturated rings. The van der Waals surface area contributed by atoms with Gasteiger partial charge < -0.3 is 14.8 Å². The monoisotopic (exact) mass is 387 g/mol. The van der Waals surface area contributed by atoms with E-state index < -0.39 is 0 Å². The second kappa shape index (κ2) is 8.44. The molecule has 3 aromatic carbocycles. The Morgan fingerprint density at radius 1 is 0.793 bits per heavy atom. The highest BCUT2D eigenvalue weighted by molar-refractivity contribution is 6.02. The number of rotatable bonds is 5. The van der Waals surface area contributed by atoms with Crippen molar-refractivity contribution >= 4 is 29.8 Å². The average Bonchev–Trinajstić information content (AvgIpc) is 3.21. The van der Waals surface area contributed by atoms with Crippen LogP contribution in [0.2, 0.25) is 0 Å². The number of benzene rings is 3. The van der Waals surface area contributed by atoms with Crippen LogP contribution in [0.4, 0.5) is 10.1 Å². The molecule has 0 aromatic heterocycles. The molecule has 0 bridgehead atoms. The molecule has 5 heteroatoms. The molecule has 0 saturated heterocycles. The van der Waals surface area contributed by atoms with Gasteiger partial charge in [-0.15, -0.1) is 0 Å². The van der Waals surface area contributed by atoms with Gasteiger partial charge in [-0.25, -0.2) is 4.39 Å². The first-order valence-electron chi connectivity index (χ1n) is 9.08. The largest absolute Gasteiger partial charge is 0.454 e. The second-order valence-corrected chi connectivity index (χ2v) is 6.44. The third kappa shape index (κ3) is 4.90. The number of fused-ring (bicyclic) bond motifs is 1. The Hall–Kier alpha value is -3.86. The number of halogens is 1. The number of carbonyl (C=O) groups is 1. The molecule has 29 heavy (non-hydrogen) atoms. The zero-order chi connectivity index (χ0) is 20.1. The lowest BCUT2D eigenvalue weighted by molar-refractivity contribution is -0.111. The Morgan fingerprint density at radius 2 is 1.41 bits per heavy atom. The third-order valence-corrected chi connectivity index (χ3v) is 4.34. The van der Waals surface area contributed by atoms with Gasteiger partial charge in [0.05, 0.1) is 0 Å². The summed E-state index contributed by atoms with van der Waals surface area (Å²) in [7, 11) is 0. The summed E-state index contributed by atoms with van der Waals surface area (Å²) in [5.41, 5.74) is 3.46. The van der Waals surface area contributed by atoms with Crippen molar-refractivity contribution in [1.29, 1.82) is 0 Å². The smallest absolute Gasteiger partial charge is 0.248 e. The molecule has 0 spiro atoms. The van der Waals surface area contributed by atoms with Crippen molar-refractivity contribution in [3.05, 3.63) is 95.3 Å². The molecular formula is C24H18FNO3. The quantitative estimate of drug-likeness (QED) is 0.472. The fourth-order valence-corrected chi connectivity index (χ4v) is 2.82. The van der Waals surface area contributed by atoms with Gasteiger partial charge in [0.2, 0.25) is 12.7 Å². The van der Waals surface area contributed by atoms with E-state index in [0.717, 1.165) is 28.2 Å². The van der Waals surface area contributed by atoms with Gasteiger partial charge in [0.15, 0.2) is 11.5 Å². The summed E-state index contributed by atoms with van der Waals surface area (Å²) in [5.74, 6) is 0.951. The predicted octanol–water partition coefficient (Wildman–Crippen LogP) is 5.38. The van der Waals surface area contributed by atoms with Gasteiger partial charge in [0.1, 0.15) is 5.82 Å². The molecule has 4 nitrogen and oxygen atoms in total. The van der Waals surface area contributed by atoms with Crippen LogP contribution in [0.15, 0.2) is 72.8 Å². The van der Waals surface area contributed by atoms with Crippen LogP contribution in [0.25, 0.3) is 18.2 Å². The van der Waals surface area contributed by atoms with Crippen LogP contribution in [0.5, 0.6) is 11.5 Å². The molecule has 1 aliphatic heterocycles. The van der Waals surface area contributed by atoms with Crippen LogP contribution in [0.1, 0.15) is 16.7 Å². The van der Waals surface area contributed by atoms with E-state index in [1.807, 2.05) is 54.6 Å². The van der Waals surface area contributed by atoms with E-state index in [-0.39, 0.29) is 18.5 Å². The van der Waals surface area contributed by atoms with Crippen molar-refractivity contribution in [3.8, 4) is 11.5 Å². The minimum atomic E-state index is -0.306. The van der Waals surface area contributed by atoms with Crippen molar-refractivity contribution < 1.29 is 18.7 Å². The molecule has 1 heterocycles. The lowest BCUT2D eigenvalue weighted by Gasteiger charge is -2.03. The summed E-state index contributed by atoms with van der Waals surface area (Å²) < 4.78 is 23.6. The number of hydrogen-bond acceptors (Lipinski definition) is 3. The van der Waals surface area contributed by atoms with E-state index in [1.54, 1.807) is 18.2 Å². The van der Waals surface area contributed by atoms with Crippen LogP contribution in [-0.2, 0) is 4.79 Å². The molecule has 0 aliphatic carbocycles. The van der Waals surface area contributed by atoms with Crippen LogP contribution < -0.4 is 14.8 Å². The van der Waals surface area contributed by atoms with E-state index in [4.69, 9.17) is 9.47 Å². The number of anilines is 1. The topological polar surface area (TPSA) is 47.6 Å². The van der Waals surface area contributed by atoms with Gasteiger partial charge >= 0.3 is 0 Å². The van der Waals surface area contributed by atoms with Gasteiger partial charge in [-0.05, 0) is 59.2 Å². The van der Waals surface area contributed by atoms with Crippen LogP contribution in [0.3, 0.4) is 0 Å². The molecule has 1 aliphatic rings. The number of ether oxygens (including phenoxy) is 2. The normalized spacial score (nSPS) is 12.6. The Morgan fingerprint density at radius 3 is 2.21 bits per heavy atom. The molecule has 144 valence electrons. The maximum absolute atomic E-state index is 12.9. The average molecular weight is 387 g/mol. The van der Waals surface area contributed by atoms with Crippen LogP contribution in [0, 0.1) is 5.82 Å². The fourth-order valence-electron chi connectivity index (χ4n) is 2.82. The Bertz CT molecular complexity index is 1070. The van der Waals surface area contributed by atoms with E-state index in [2.05, 4.69) is 5.32 Å². The van der Waals surface area contributed by atoms with E-state index in [9.17, 15) is 9.18 Å². The highest BCUT2D eigenvalue weighted by Gasteiger charge is 2.12. The molecule has 0 radical (unpaired) electrons. The Kier molecular flexibility index (Phi) is 5.38. The first kappa shape index (κ1) is 18.5. The first-order chi connectivity index (χ1) is 14.2. The van der Waals surface area contributed by atoms with Crippen molar-refractivity contribution in [1.82, 2.24) is 0 Å². The second-order valence-electron chi connectivity index (χ2n) is 6.44. The van der Waals surface area contributed by atoms with Crippen LogP contribution in [-0.4, -0.2) is 12.7 Å². The van der Waals surface area contributed by atoms with Gasteiger partial charge in [-0.3, -0.25) is 4.79 Å². The summed E-state index contributed by atoms with van der Waals surface area (Å²) in [6.45, 7) is 0.259. The first-order valence-corrected chi connectivity index (χ1v) is 9.08. The maximum Gasteiger partial charge on any atom is 0.248 e. The zero-order valence-corrected chi connectivity index (χ0v) is 15.5. The number of hydrogen-bond donors (Lipinski definition) is 1. The summed E-state index contributed by atoms with van der Waals surface area (Å²) in [4.78, 5) is 12.0. The number of nitrogens with one attached hydrogen (secondary N) is 1. The summed E-state index contributed by atoms with van der Waals surface area (Å²) in [6.07, 6.45) is 7.02. The SMILES string of the molecule is O=C(/C=C/c1ccc(F)cc1)Nc1ccc(/C=C/c2ccc3c(c2)OCO3)cc1.